The van der Waals surface area contributed by atoms with Crippen molar-refractivity contribution in [1.82, 2.24) is 4.90 Å². The highest BCUT2D eigenvalue weighted by atomic mass is 16.5. The van der Waals surface area contributed by atoms with Crippen LogP contribution in [0.3, 0.4) is 0 Å². The van der Waals surface area contributed by atoms with E-state index >= 15 is 0 Å². The Morgan fingerprint density at radius 3 is 1.55 bits per heavy atom. The molecule has 0 amide bonds. The lowest BCUT2D eigenvalue weighted by atomic mass is 10.3. The molecule has 0 unspecified atom stereocenters. The zero-order valence-electron chi connectivity index (χ0n) is 11.5. The van der Waals surface area contributed by atoms with Gasteiger partial charge >= 0.3 is 11.9 Å². The second-order valence-electron chi connectivity index (χ2n) is 3.95. The van der Waals surface area contributed by atoms with E-state index in [1.807, 2.05) is 0 Å². The van der Waals surface area contributed by atoms with Crippen LogP contribution in [-0.2, 0) is 19.1 Å². The number of hydrogen-bond acceptors (Lipinski definition) is 8. The van der Waals surface area contributed by atoms with Gasteiger partial charge in [-0.05, 0) is 0 Å². The van der Waals surface area contributed by atoms with E-state index in [0.717, 1.165) is 0 Å². The normalized spacial score (nSPS) is 10.6. The number of carbonyl (C=O) groups excluding carboxylic acids is 2. The molecule has 0 aromatic carbocycles. The molecule has 0 atom stereocenters. The van der Waals surface area contributed by atoms with Crippen molar-refractivity contribution in [3.63, 3.8) is 0 Å². The smallest absolute Gasteiger partial charge is 0.307 e. The van der Waals surface area contributed by atoms with Crippen LogP contribution in [0, 0.1) is 0 Å². The van der Waals surface area contributed by atoms with Crippen molar-refractivity contribution in [2.24, 2.45) is 0 Å². The molecule has 8 nitrogen and oxygen atoms in total. The Balaban J connectivity index is 3.91. The number of hydrogen-bond donors (Lipinski definition) is 3. The van der Waals surface area contributed by atoms with Gasteiger partial charge in [0.2, 0.25) is 0 Å². The first-order chi connectivity index (χ1) is 9.63. The van der Waals surface area contributed by atoms with E-state index in [0.29, 0.717) is 19.6 Å². The number of aliphatic hydroxyl groups excluding tert-OH is 3. The monoisotopic (exact) mass is 293 g/mol. The fourth-order valence-corrected chi connectivity index (χ4v) is 1.44. The summed E-state index contributed by atoms with van der Waals surface area (Å²) in [6.45, 7) is 0.429. The minimum atomic E-state index is -0.440. The molecule has 0 rings (SSSR count). The van der Waals surface area contributed by atoms with Gasteiger partial charge < -0.3 is 24.8 Å². The van der Waals surface area contributed by atoms with E-state index in [4.69, 9.17) is 24.8 Å². The maximum Gasteiger partial charge on any atom is 0.307 e. The van der Waals surface area contributed by atoms with Crippen molar-refractivity contribution >= 4 is 11.9 Å². The first-order valence-corrected chi connectivity index (χ1v) is 6.50. The fraction of sp³-hybridized carbons (Fsp3) is 0.833. The van der Waals surface area contributed by atoms with Gasteiger partial charge in [-0.3, -0.25) is 14.5 Å². The van der Waals surface area contributed by atoms with Crippen LogP contribution >= 0.6 is 0 Å². The molecule has 20 heavy (non-hydrogen) atoms. The third-order valence-electron chi connectivity index (χ3n) is 2.39. The van der Waals surface area contributed by atoms with Gasteiger partial charge in [-0.15, -0.1) is 0 Å². The lowest BCUT2D eigenvalue weighted by molar-refractivity contribution is -0.145. The van der Waals surface area contributed by atoms with Gasteiger partial charge in [0, 0.05) is 19.6 Å². The van der Waals surface area contributed by atoms with Gasteiger partial charge in [0.1, 0.15) is 13.2 Å². The van der Waals surface area contributed by atoms with Gasteiger partial charge in [0.05, 0.1) is 32.7 Å². The molecule has 0 fully saturated rings. The van der Waals surface area contributed by atoms with E-state index in [1.165, 1.54) is 0 Å². The zero-order chi connectivity index (χ0) is 15.2. The molecule has 0 saturated heterocycles. The Hall–Kier alpha value is -1.22. The molecule has 0 bridgehead atoms. The molecule has 0 aromatic heterocycles. The summed E-state index contributed by atoms with van der Waals surface area (Å²) in [5.74, 6) is -0.880. The van der Waals surface area contributed by atoms with Crippen LogP contribution in [0.25, 0.3) is 0 Å². The maximum atomic E-state index is 11.2. The Labute approximate surface area is 117 Å². The van der Waals surface area contributed by atoms with Gasteiger partial charge in [-0.25, -0.2) is 0 Å². The summed E-state index contributed by atoms with van der Waals surface area (Å²) in [4.78, 5) is 24.2. The lowest BCUT2D eigenvalue weighted by Crippen LogP contribution is -2.32. The Kier molecular flexibility index (Phi) is 12.0. The van der Waals surface area contributed by atoms with Gasteiger partial charge in [-0.2, -0.15) is 0 Å². The number of rotatable bonds is 12. The third kappa shape index (κ3) is 10.7. The standard InChI is InChI=1S/C12H23NO7/c14-6-5-13(3-1-11(17)19-9-7-15)4-2-12(18)20-10-8-16/h14-16H,1-10H2. The fourth-order valence-electron chi connectivity index (χ4n) is 1.44. The highest BCUT2D eigenvalue weighted by molar-refractivity contribution is 5.70. The topological polar surface area (TPSA) is 117 Å². The number of carbonyl (C=O) groups is 2. The van der Waals surface area contributed by atoms with Crippen LogP contribution in [0.1, 0.15) is 12.8 Å². The number of esters is 2. The van der Waals surface area contributed by atoms with Gasteiger partial charge in [0.15, 0.2) is 0 Å². The van der Waals surface area contributed by atoms with Crippen molar-refractivity contribution in [3.05, 3.63) is 0 Å². The summed E-state index contributed by atoms with van der Waals surface area (Å²) in [5, 5.41) is 25.9. The van der Waals surface area contributed by atoms with E-state index in [-0.39, 0.29) is 45.9 Å². The minimum absolute atomic E-state index is 0.0354. The molecule has 0 spiro atoms. The van der Waals surface area contributed by atoms with Gasteiger partial charge in [0.25, 0.3) is 0 Å². The maximum absolute atomic E-state index is 11.2. The van der Waals surface area contributed by atoms with E-state index in [9.17, 15) is 9.59 Å². The average molecular weight is 293 g/mol. The molecule has 0 aliphatic carbocycles. The lowest BCUT2D eigenvalue weighted by Gasteiger charge is -2.20. The molecular weight excluding hydrogens is 270 g/mol. The van der Waals surface area contributed by atoms with Gasteiger partial charge in [-0.1, -0.05) is 0 Å². The molecular formula is C12H23NO7. The largest absolute Gasteiger partial charge is 0.463 e. The summed E-state index contributed by atoms with van der Waals surface area (Å²) in [5.41, 5.74) is 0. The number of nitrogens with zero attached hydrogens (tertiary/aromatic N) is 1. The van der Waals surface area contributed by atoms with Crippen LogP contribution in [0.15, 0.2) is 0 Å². The summed E-state index contributed by atoms with van der Waals surface area (Å²) in [7, 11) is 0. The van der Waals surface area contributed by atoms with Crippen LogP contribution in [-0.4, -0.2) is 84.8 Å². The van der Waals surface area contributed by atoms with E-state index in [2.05, 4.69) is 0 Å². The highest BCUT2D eigenvalue weighted by Crippen LogP contribution is 1.97. The molecule has 0 aliphatic rings. The SMILES string of the molecule is O=C(CCN(CCO)CCC(=O)OCCO)OCCO. The molecule has 0 saturated carbocycles. The van der Waals surface area contributed by atoms with Crippen molar-refractivity contribution in [2.45, 2.75) is 12.8 Å². The van der Waals surface area contributed by atoms with E-state index < -0.39 is 11.9 Å². The molecule has 0 aliphatic heterocycles. The van der Waals surface area contributed by atoms with Crippen molar-refractivity contribution < 1.29 is 34.4 Å². The van der Waals surface area contributed by atoms with Crippen LogP contribution in [0.5, 0.6) is 0 Å². The average Bonchev–Trinajstić information content (AvgIpc) is 2.45. The zero-order valence-corrected chi connectivity index (χ0v) is 11.5. The quantitative estimate of drug-likeness (QED) is 0.358. The summed E-state index contributed by atoms with van der Waals surface area (Å²) in [6.07, 6.45) is 0.234. The van der Waals surface area contributed by atoms with Crippen molar-refractivity contribution in [1.29, 1.82) is 0 Å². The summed E-state index contributed by atoms with van der Waals surface area (Å²) < 4.78 is 9.40. The van der Waals surface area contributed by atoms with Crippen molar-refractivity contribution in [3.8, 4) is 0 Å². The Morgan fingerprint density at radius 1 is 0.750 bits per heavy atom. The molecule has 0 heterocycles. The molecule has 3 N–H and O–H groups in total. The third-order valence-corrected chi connectivity index (χ3v) is 2.39. The van der Waals surface area contributed by atoms with Crippen molar-refractivity contribution in [2.75, 3.05) is 52.7 Å². The molecule has 8 heteroatoms. The second kappa shape index (κ2) is 12.8. The second-order valence-corrected chi connectivity index (χ2v) is 3.95. The van der Waals surface area contributed by atoms with Crippen LogP contribution in [0.4, 0.5) is 0 Å². The predicted molar refractivity (Wildman–Crippen MR) is 68.8 cm³/mol. The highest BCUT2D eigenvalue weighted by Gasteiger charge is 2.11. The molecule has 0 aromatic rings. The summed E-state index contributed by atoms with van der Waals surface area (Å²) in [6, 6.07) is 0. The Morgan fingerprint density at radius 2 is 1.20 bits per heavy atom. The number of aliphatic hydroxyl groups is 3. The van der Waals surface area contributed by atoms with Crippen LogP contribution in [0.2, 0.25) is 0 Å². The molecule has 118 valence electrons. The molecule has 0 radical (unpaired) electrons. The Bertz CT molecular complexity index is 249. The minimum Gasteiger partial charge on any atom is -0.463 e. The van der Waals surface area contributed by atoms with E-state index in [1.54, 1.807) is 4.90 Å². The predicted octanol–water partition coefficient (Wildman–Crippen LogP) is -1.87. The first kappa shape index (κ1) is 18.8. The first-order valence-electron chi connectivity index (χ1n) is 6.50. The summed E-state index contributed by atoms with van der Waals surface area (Å²) >= 11 is 0. The van der Waals surface area contributed by atoms with Crippen LogP contribution < -0.4 is 0 Å². The number of ether oxygens (including phenoxy) is 2.